The van der Waals surface area contributed by atoms with Crippen LogP contribution in [0.5, 0.6) is 11.5 Å². The molecule has 2 heterocycles. The Morgan fingerprint density at radius 1 is 1.14 bits per heavy atom. The van der Waals surface area contributed by atoms with Crippen molar-refractivity contribution in [3.8, 4) is 11.5 Å². The summed E-state index contributed by atoms with van der Waals surface area (Å²) in [6.45, 7) is 2.02. The van der Waals surface area contributed by atoms with E-state index in [1.807, 2.05) is 0 Å². The number of hydrogen-bond acceptors (Lipinski definition) is 5. The van der Waals surface area contributed by atoms with Gasteiger partial charge in [0, 0.05) is 44.6 Å². The normalized spacial score (nSPS) is 20.4. The summed E-state index contributed by atoms with van der Waals surface area (Å²) < 4.78 is 10.6. The van der Waals surface area contributed by atoms with Crippen LogP contribution in [0.25, 0.3) is 0 Å². The molecule has 1 aromatic rings. The van der Waals surface area contributed by atoms with Crippen LogP contribution in [0.15, 0.2) is 18.2 Å². The van der Waals surface area contributed by atoms with Crippen LogP contribution in [0.2, 0.25) is 0 Å². The first-order chi connectivity index (χ1) is 13.4. The van der Waals surface area contributed by atoms with Crippen molar-refractivity contribution in [2.24, 2.45) is 5.92 Å². The van der Waals surface area contributed by atoms with Crippen LogP contribution in [-0.2, 0) is 14.4 Å². The molecule has 0 atom stereocenters. The van der Waals surface area contributed by atoms with Crippen molar-refractivity contribution in [3.05, 3.63) is 18.2 Å². The molecule has 0 aromatic heterocycles. The van der Waals surface area contributed by atoms with E-state index in [1.165, 1.54) is 4.90 Å². The second kappa shape index (κ2) is 8.92. The first-order valence-electron chi connectivity index (χ1n) is 9.43. The Bertz CT molecular complexity index is 744. The number of anilines is 1. The van der Waals surface area contributed by atoms with E-state index in [9.17, 15) is 14.4 Å². The van der Waals surface area contributed by atoms with Gasteiger partial charge in [-0.15, -0.1) is 0 Å². The third-order valence-electron chi connectivity index (χ3n) is 5.05. The second-order valence-corrected chi connectivity index (χ2v) is 7.32. The molecule has 9 nitrogen and oxygen atoms in total. The van der Waals surface area contributed by atoms with Gasteiger partial charge in [-0.1, -0.05) is 0 Å². The number of nitrogens with zero attached hydrogens (tertiary/aromatic N) is 1. The third-order valence-corrected chi connectivity index (χ3v) is 5.05. The number of ether oxygens (including phenoxy) is 2. The molecule has 0 spiro atoms. The summed E-state index contributed by atoms with van der Waals surface area (Å²) >= 11 is 0. The quantitative estimate of drug-likeness (QED) is 0.569. The van der Waals surface area contributed by atoms with Crippen molar-refractivity contribution in [1.29, 1.82) is 0 Å². The first kappa shape index (κ1) is 19.9. The lowest BCUT2D eigenvalue weighted by Gasteiger charge is -2.28. The average molecular weight is 391 g/mol. The SMILES string of the molecule is CN(C)C(=O)CNC(=O)C[NH+]1CCC(C(=O)Nc2ccc3c(c2)OCO3)CC1. The average Bonchev–Trinajstić information content (AvgIpc) is 3.14. The van der Waals surface area contributed by atoms with Crippen LogP contribution in [0, 0.1) is 5.92 Å². The molecule has 2 aliphatic rings. The van der Waals surface area contributed by atoms with Crippen LogP contribution in [0.1, 0.15) is 12.8 Å². The highest BCUT2D eigenvalue weighted by Gasteiger charge is 2.29. The number of fused-ring (bicyclic) bond motifs is 1. The first-order valence-corrected chi connectivity index (χ1v) is 9.43. The minimum atomic E-state index is -0.145. The fraction of sp³-hybridized carbons (Fsp3) is 0.526. The number of carbonyl (C=O) groups excluding carboxylic acids is 3. The van der Waals surface area contributed by atoms with Gasteiger partial charge in [-0.3, -0.25) is 14.4 Å². The van der Waals surface area contributed by atoms with Gasteiger partial charge in [0.15, 0.2) is 18.0 Å². The Morgan fingerprint density at radius 2 is 1.86 bits per heavy atom. The molecule has 9 heteroatoms. The van der Waals surface area contributed by atoms with Crippen LogP contribution < -0.4 is 25.0 Å². The summed E-state index contributed by atoms with van der Waals surface area (Å²) in [5.41, 5.74) is 0.689. The molecule has 3 rings (SSSR count). The minimum absolute atomic E-state index is 0.0136. The predicted octanol–water partition coefficient (Wildman–Crippen LogP) is -1.15. The molecular formula is C19H27N4O5+. The van der Waals surface area contributed by atoms with Gasteiger partial charge in [0.05, 0.1) is 19.6 Å². The second-order valence-electron chi connectivity index (χ2n) is 7.32. The van der Waals surface area contributed by atoms with Crippen molar-refractivity contribution < 1.29 is 28.8 Å². The fourth-order valence-corrected chi connectivity index (χ4v) is 3.31. The van der Waals surface area contributed by atoms with Crippen molar-refractivity contribution in [2.45, 2.75) is 12.8 Å². The number of likely N-dealkylation sites (tertiary alicyclic amines) is 1. The monoisotopic (exact) mass is 391 g/mol. The van der Waals surface area contributed by atoms with E-state index in [1.54, 1.807) is 32.3 Å². The number of hydrogen-bond donors (Lipinski definition) is 3. The number of nitrogens with one attached hydrogen (secondary N) is 3. The number of amides is 3. The molecule has 2 aliphatic heterocycles. The number of benzene rings is 1. The lowest BCUT2D eigenvalue weighted by atomic mass is 9.96. The smallest absolute Gasteiger partial charge is 0.275 e. The minimum Gasteiger partial charge on any atom is -0.454 e. The number of carbonyl (C=O) groups is 3. The summed E-state index contributed by atoms with van der Waals surface area (Å²) in [4.78, 5) is 38.6. The van der Waals surface area contributed by atoms with Crippen LogP contribution >= 0.6 is 0 Å². The highest BCUT2D eigenvalue weighted by atomic mass is 16.7. The molecule has 0 unspecified atom stereocenters. The highest BCUT2D eigenvalue weighted by Crippen LogP contribution is 2.34. The van der Waals surface area contributed by atoms with Crippen LogP contribution in [0.4, 0.5) is 5.69 Å². The Kier molecular flexibility index (Phi) is 6.35. The predicted molar refractivity (Wildman–Crippen MR) is 101 cm³/mol. The molecule has 152 valence electrons. The Balaban J connectivity index is 1.40. The molecular weight excluding hydrogens is 364 g/mol. The van der Waals surface area contributed by atoms with Gasteiger partial charge in [-0.25, -0.2) is 0 Å². The van der Waals surface area contributed by atoms with E-state index in [4.69, 9.17) is 9.47 Å². The lowest BCUT2D eigenvalue weighted by Crippen LogP contribution is -3.14. The van der Waals surface area contributed by atoms with Crippen molar-refractivity contribution in [1.82, 2.24) is 10.2 Å². The standard InChI is InChI=1S/C19H26N4O5/c1-22(2)18(25)10-20-17(24)11-23-7-5-13(6-8-23)19(26)21-14-3-4-15-16(9-14)28-12-27-15/h3-4,9,13H,5-8,10-12H2,1-2H3,(H,20,24)(H,21,26)/p+1. The fourth-order valence-electron chi connectivity index (χ4n) is 3.31. The molecule has 3 amide bonds. The summed E-state index contributed by atoms with van der Waals surface area (Å²) in [6.07, 6.45) is 1.44. The summed E-state index contributed by atoms with van der Waals surface area (Å²) in [5, 5.41) is 5.58. The number of quaternary nitrogens is 1. The number of likely N-dealkylation sites (N-methyl/N-ethyl adjacent to an activating group) is 1. The molecule has 1 saturated heterocycles. The number of rotatable bonds is 6. The molecule has 0 radical (unpaired) electrons. The maximum Gasteiger partial charge on any atom is 0.275 e. The molecule has 1 fully saturated rings. The summed E-state index contributed by atoms with van der Waals surface area (Å²) in [7, 11) is 3.30. The van der Waals surface area contributed by atoms with Crippen LogP contribution in [0.3, 0.4) is 0 Å². The third kappa shape index (κ3) is 5.13. The van der Waals surface area contributed by atoms with Gasteiger partial charge in [0.2, 0.25) is 18.6 Å². The highest BCUT2D eigenvalue weighted by molar-refractivity contribution is 5.93. The summed E-state index contributed by atoms with van der Waals surface area (Å²) in [5.74, 6) is 0.943. The van der Waals surface area contributed by atoms with E-state index in [-0.39, 0.29) is 37.0 Å². The summed E-state index contributed by atoms with van der Waals surface area (Å²) in [6, 6.07) is 5.34. The Hall–Kier alpha value is -2.81. The van der Waals surface area contributed by atoms with E-state index in [0.29, 0.717) is 23.7 Å². The van der Waals surface area contributed by atoms with E-state index >= 15 is 0 Å². The van der Waals surface area contributed by atoms with Crippen LogP contribution in [-0.4, -0.2) is 69.7 Å². The van der Waals surface area contributed by atoms with E-state index < -0.39 is 0 Å². The zero-order valence-corrected chi connectivity index (χ0v) is 16.2. The molecule has 28 heavy (non-hydrogen) atoms. The van der Waals surface area contributed by atoms with Gasteiger partial charge in [-0.05, 0) is 12.1 Å². The van der Waals surface area contributed by atoms with E-state index in [2.05, 4.69) is 10.6 Å². The maximum atomic E-state index is 12.5. The zero-order chi connectivity index (χ0) is 20.1. The molecule has 0 saturated carbocycles. The molecule has 0 bridgehead atoms. The van der Waals surface area contributed by atoms with Crippen molar-refractivity contribution >= 4 is 23.4 Å². The zero-order valence-electron chi connectivity index (χ0n) is 16.2. The molecule has 1 aromatic carbocycles. The lowest BCUT2D eigenvalue weighted by molar-refractivity contribution is -0.897. The van der Waals surface area contributed by atoms with Gasteiger partial charge < -0.3 is 29.9 Å². The van der Waals surface area contributed by atoms with Crippen molar-refractivity contribution in [2.75, 3.05) is 52.4 Å². The van der Waals surface area contributed by atoms with Gasteiger partial charge >= 0.3 is 0 Å². The van der Waals surface area contributed by atoms with Gasteiger partial charge in [-0.2, -0.15) is 0 Å². The van der Waals surface area contributed by atoms with Gasteiger partial charge in [0.25, 0.3) is 5.91 Å². The number of piperidine rings is 1. The van der Waals surface area contributed by atoms with Gasteiger partial charge in [0.1, 0.15) is 0 Å². The molecule has 3 N–H and O–H groups in total. The largest absolute Gasteiger partial charge is 0.454 e. The molecule has 0 aliphatic carbocycles. The Morgan fingerprint density at radius 3 is 2.57 bits per heavy atom. The van der Waals surface area contributed by atoms with E-state index in [0.717, 1.165) is 30.8 Å². The van der Waals surface area contributed by atoms with Crippen molar-refractivity contribution in [3.63, 3.8) is 0 Å². The Labute approximate surface area is 163 Å². The maximum absolute atomic E-state index is 12.5. The topological polar surface area (TPSA) is 101 Å².